The highest BCUT2D eigenvalue weighted by atomic mass is 15.3. The normalized spacial score (nSPS) is 17.9. The Kier molecular flexibility index (Phi) is 10.4. The molecule has 232 valence electrons. The monoisotopic (exact) mass is 581 g/mol. The van der Waals surface area contributed by atoms with E-state index >= 15 is 0 Å². The molecular weight excluding hydrogens is 526 g/mol. The lowest BCUT2D eigenvalue weighted by Gasteiger charge is -2.37. The molecule has 0 aliphatic carbocycles. The molecule has 0 unspecified atom stereocenters. The molecule has 2 aliphatic heterocycles. The third-order valence-corrected chi connectivity index (χ3v) is 10.1. The molecule has 0 N–H and O–H groups in total. The molecule has 5 nitrogen and oxygen atoms in total. The summed E-state index contributed by atoms with van der Waals surface area (Å²) in [5.74, 6) is 1.01. The molecule has 4 heterocycles. The van der Waals surface area contributed by atoms with Gasteiger partial charge >= 0.3 is 0 Å². The fourth-order valence-corrected chi connectivity index (χ4v) is 7.72. The van der Waals surface area contributed by atoms with Crippen LogP contribution in [0.25, 0.3) is 16.8 Å². The maximum absolute atomic E-state index is 4.56. The van der Waals surface area contributed by atoms with E-state index in [9.17, 15) is 0 Å². The van der Waals surface area contributed by atoms with E-state index in [-0.39, 0.29) is 0 Å². The number of hydrogen-bond donors (Lipinski definition) is 0. The van der Waals surface area contributed by atoms with E-state index in [1.165, 1.54) is 102 Å². The third kappa shape index (κ3) is 6.93. The number of hydrogen-bond acceptors (Lipinski definition) is 4. The molecule has 0 amide bonds. The van der Waals surface area contributed by atoms with Crippen molar-refractivity contribution in [2.24, 2.45) is 5.92 Å². The molecule has 3 aromatic rings. The lowest BCUT2D eigenvalue weighted by atomic mass is 9.80. The average Bonchev–Trinajstić information content (AvgIpc) is 3.34. The van der Waals surface area contributed by atoms with Crippen LogP contribution in [0.3, 0.4) is 0 Å². The van der Waals surface area contributed by atoms with Crippen molar-refractivity contribution in [2.75, 3.05) is 32.7 Å². The molecule has 0 bridgehead atoms. The number of nitrogens with zero attached hydrogens (tertiary/aromatic N) is 5. The van der Waals surface area contributed by atoms with Crippen molar-refractivity contribution in [3.8, 4) is 0 Å². The molecule has 2 fully saturated rings. The lowest BCUT2D eigenvalue weighted by molar-refractivity contribution is 0.222. The third-order valence-electron chi connectivity index (χ3n) is 10.1. The fraction of sp³-hybridized carbons (Fsp3) is 0.579. The van der Waals surface area contributed by atoms with Gasteiger partial charge in [0.2, 0.25) is 0 Å². The van der Waals surface area contributed by atoms with Crippen LogP contribution in [-0.4, -0.2) is 57.1 Å². The van der Waals surface area contributed by atoms with Gasteiger partial charge in [-0.1, -0.05) is 71.7 Å². The van der Waals surface area contributed by atoms with Crippen LogP contribution in [0.5, 0.6) is 0 Å². The highest BCUT2D eigenvalue weighted by Gasteiger charge is 2.25. The number of pyridine rings is 1. The van der Waals surface area contributed by atoms with E-state index in [1.807, 2.05) is 4.52 Å². The van der Waals surface area contributed by atoms with Crippen LogP contribution in [0, 0.1) is 19.8 Å². The predicted octanol–water partition coefficient (Wildman–Crippen LogP) is 8.84. The van der Waals surface area contributed by atoms with E-state index < -0.39 is 0 Å². The minimum absolute atomic E-state index is 0.413. The Morgan fingerprint density at radius 2 is 1.70 bits per heavy atom. The fourth-order valence-electron chi connectivity index (χ4n) is 7.72. The number of rotatable bonds is 10. The van der Waals surface area contributed by atoms with Crippen LogP contribution in [-0.2, 0) is 6.42 Å². The highest BCUT2D eigenvalue weighted by molar-refractivity contribution is 5.93. The smallest absolute Gasteiger partial charge is 0.158 e. The molecule has 43 heavy (non-hydrogen) atoms. The molecular formula is C38H55N5. The first-order valence-corrected chi connectivity index (χ1v) is 17.1. The SMILES string of the molecule is C=C(CN1CCCCCC1)N1CCC(c2ccc(C)c(/C(=C(\CCC)c3cn4ncnc4c(C)c3CC)C(C)C)c2)CC1. The maximum Gasteiger partial charge on any atom is 0.158 e. The Balaban J connectivity index is 1.43. The molecule has 0 radical (unpaired) electrons. The van der Waals surface area contributed by atoms with Gasteiger partial charge < -0.3 is 4.90 Å². The Morgan fingerprint density at radius 1 is 0.977 bits per heavy atom. The first-order chi connectivity index (χ1) is 20.8. The number of piperidine rings is 1. The Labute approximate surface area is 261 Å². The van der Waals surface area contributed by atoms with Crippen molar-refractivity contribution in [1.29, 1.82) is 0 Å². The summed E-state index contributed by atoms with van der Waals surface area (Å²) in [6.45, 7) is 24.1. The van der Waals surface area contributed by atoms with Gasteiger partial charge in [-0.15, -0.1) is 0 Å². The van der Waals surface area contributed by atoms with Gasteiger partial charge in [-0.25, -0.2) is 9.50 Å². The zero-order valence-corrected chi connectivity index (χ0v) is 27.9. The maximum atomic E-state index is 4.56. The second-order valence-corrected chi connectivity index (χ2v) is 13.4. The summed E-state index contributed by atoms with van der Waals surface area (Å²) >= 11 is 0. The number of benzene rings is 1. The first kappa shape index (κ1) is 31.5. The van der Waals surface area contributed by atoms with Gasteiger partial charge in [-0.3, -0.25) is 4.90 Å². The quantitative estimate of drug-likeness (QED) is 0.240. The molecule has 5 rings (SSSR count). The van der Waals surface area contributed by atoms with E-state index in [2.05, 4.69) is 92.4 Å². The number of aromatic nitrogens is 3. The van der Waals surface area contributed by atoms with Crippen LogP contribution >= 0.6 is 0 Å². The largest absolute Gasteiger partial charge is 0.374 e. The minimum Gasteiger partial charge on any atom is -0.374 e. The van der Waals surface area contributed by atoms with Gasteiger partial charge in [-0.05, 0) is 122 Å². The average molecular weight is 582 g/mol. The van der Waals surface area contributed by atoms with Gasteiger partial charge in [0.05, 0.1) is 0 Å². The summed E-state index contributed by atoms with van der Waals surface area (Å²) in [6.07, 6.45) is 14.9. The molecule has 2 aliphatic rings. The predicted molar refractivity (Wildman–Crippen MR) is 182 cm³/mol. The summed E-state index contributed by atoms with van der Waals surface area (Å²) in [5.41, 5.74) is 13.6. The first-order valence-electron chi connectivity index (χ1n) is 17.1. The zero-order chi connectivity index (χ0) is 30.5. The van der Waals surface area contributed by atoms with Crippen LogP contribution in [0.1, 0.15) is 118 Å². The molecule has 0 atom stereocenters. The summed E-state index contributed by atoms with van der Waals surface area (Å²) in [6, 6.07) is 7.35. The summed E-state index contributed by atoms with van der Waals surface area (Å²) in [7, 11) is 0. The van der Waals surface area contributed by atoms with Gasteiger partial charge in [0.25, 0.3) is 0 Å². The summed E-state index contributed by atoms with van der Waals surface area (Å²) in [5, 5.41) is 4.55. The van der Waals surface area contributed by atoms with Gasteiger partial charge in [0, 0.05) is 31.5 Å². The number of likely N-dealkylation sites (tertiary alicyclic amines) is 2. The standard InChI is InChI=1S/C38H55N5/c1-8-14-34(36-25-43-38(39-26-40-43)30(7)33(36)9-2)37(27(3)4)35-23-32(16-15-28(35)5)31-17-21-42(22-18-31)29(6)24-41-19-12-10-11-13-20-41/h15-16,23,25-27,31H,6,8-14,17-22,24H2,1-5,7H3/b37-34+. The van der Waals surface area contributed by atoms with Gasteiger partial charge in [0.1, 0.15) is 6.33 Å². The number of allylic oxidation sites excluding steroid dienone is 2. The van der Waals surface area contributed by atoms with E-state index in [0.717, 1.165) is 44.5 Å². The lowest BCUT2D eigenvalue weighted by Crippen LogP contribution is -2.37. The molecule has 0 spiro atoms. The molecule has 2 saturated heterocycles. The molecule has 1 aromatic carbocycles. The van der Waals surface area contributed by atoms with Crippen LogP contribution in [0.2, 0.25) is 0 Å². The van der Waals surface area contributed by atoms with Crippen molar-refractivity contribution in [3.05, 3.63) is 76.4 Å². The Morgan fingerprint density at radius 3 is 2.35 bits per heavy atom. The van der Waals surface area contributed by atoms with Crippen molar-refractivity contribution in [1.82, 2.24) is 24.4 Å². The van der Waals surface area contributed by atoms with E-state index in [0.29, 0.717) is 11.8 Å². The van der Waals surface area contributed by atoms with Gasteiger partial charge in [-0.2, -0.15) is 5.10 Å². The van der Waals surface area contributed by atoms with Crippen LogP contribution < -0.4 is 0 Å². The second-order valence-electron chi connectivity index (χ2n) is 13.4. The Hall–Kier alpha value is -2.92. The highest BCUT2D eigenvalue weighted by Crippen LogP contribution is 2.40. The molecule has 2 aromatic heterocycles. The Bertz CT molecular complexity index is 1430. The van der Waals surface area contributed by atoms with Crippen molar-refractivity contribution in [2.45, 2.75) is 105 Å². The van der Waals surface area contributed by atoms with E-state index in [4.69, 9.17) is 0 Å². The van der Waals surface area contributed by atoms with Gasteiger partial charge in [0.15, 0.2) is 5.65 Å². The molecule has 0 saturated carbocycles. The zero-order valence-electron chi connectivity index (χ0n) is 27.9. The van der Waals surface area contributed by atoms with Crippen LogP contribution in [0.4, 0.5) is 0 Å². The molecule has 5 heteroatoms. The number of fused-ring (bicyclic) bond motifs is 1. The summed E-state index contributed by atoms with van der Waals surface area (Å²) in [4.78, 5) is 9.77. The van der Waals surface area contributed by atoms with Crippen LogP contribution in [0.15, 0.2) is 43.0 Å². The van der Waals surface area contributed by atoms with E-state index in [1.54, 1.807) is 6.33 Å². The minimum atomic E-state index is 0.413. The topological polar surface area (TPSA) is 36.7 Å². The second kappa shape index (κ2) is 14.2. The van der Waals surface area contributed by atoms with Crippen molar-refractivity contribution in [3.63, 3.8) is 0 Å². The van der Waals surface area contributed by atoms with Crippen molar-refractivity contribution < 1.29 is 0 Å². The summed E-state index contributed by atoms with van der Waals surface area (Å²) < 4.78 is 1.98. The van der Waals surface area contributed by atoms with Crippen molar-refractivity contribution >= 4 is 16.8 Å². The number of aryl methyl sites for hydroxylation is 2.